The van der Waals surface area contributed by atoms with Gasteiger partial charge in [0.25, 0.3) is 5.56 Å². The highest BCUT2D eigenvalue weighted by Gasteiger charge is 2.21. The Bertz CT molecular complexity index is 743. The van der Waals surface area contributed by atoms with Crippen molar-refractivity contribution in [3.05, 3.63) is 44.8 Å². The van der Waals surface area contributed by atoms with E-state index < -0.39 is 18.0 Å². The number of aliphatic hydroxyl groups excluding tert-OH is 1. The highest BCUT2D eigenvalue weighted by Crippen LogP contribution is 2.19. The van der Waals surface area contributed by atoms with E-state index in [1.54, 1.807) is 12.2 Å². The van der Waals surface area contributed by atoms with Crippen LogP contribution < -0.4 is 22.3 Å². The molecule has 8 nitrogen and oxygen atoms in total. The van der Waals surface area contributed by atoms with Crippen LogP contribution >= 0.6 is 0 Å². The van der Waals surface area contributed by atoms with Crippen LogP contribution in [0.3, 0.4) is 0 Å². The van der Waals surface area contributed by atoms with Crippen LogP contribution in [0.5, 0.6) is 0 Å². The topological polar surface area (TPSA) is 122 Å². The van der Waals surface area contributed by atoms with Crippen molar-refractivity contribution in [2.45, 2.75) is 83.1 Å². The Morgan fingerprint density at radius 1 is 1.00 bits per heavy atom. The smallest absolute Gasteiger partial charge is 0.330 e. The molecule has 0 spiro atoms. The molecule has 0 bridgehead atoms. The van der Waals surface area contributed by atoms with E-state index >= 15 is 0 Å². The maximum absolute atomic E-state index is 12.1. The Labute approximate surface area is 178 Å². The first-order chi connectivity index (χ1) is 14.7. The number of nitrogens with zero attached hydrogens (tertiary/aromatic N) is 1. The number of unbranched alkanes of at least 4 members (excludes halogenated alkanes) is 9. The Hall–Kier alpha value is -1.74. The summed E-state index contributed by atoms with van der Waals surface area (Å²) in [6, 6.07) is 0. The predicted molar refractivity (Wildman–Crippen MR) is 118 cm³/mol. The summed E-state index contributed by atoms with van der Waals surface area (Å²) in [5.74, 6) is 0. The van der Waals surface area contributed by atoms with Gasteiger partial charge in [-0.1, -0.05) is 57.4 Å². The van der Waals surface area contributed by atoms with Crippen molar-refractivity contribution in [2.75, 3.05) is 19.7 Å². The Morgan fingerprint density at radius 3 is 2.23 bits per heavy atom. The van der Waals surface area contributed by atoms with Crippen LogP contribution in [-0.2, 0) is 11.3 Å². The number of aliphatic hydroxyl groups is 1. The lowest BCUT2D eigenvalue weighted by molar-refractivity contribution is -0.0104. The normalized spacial score (nSPS) is 18.3. The van der Waals surface area contributed by atoms with E-state index in [9.17, 15) is 9.59 Å². The molecule has 0 aliphatic carbocycles. The van der Waals surface area contributed by atoms with Crippen molar-refractivity contribution in [3.63, 3.8) is 0 Å². The highest BCUT2D eigenvalue weighted by molar-refractivity contribution is 5.08. The summed E-state index contributed by atoms with van der Waals surface area (Å²) in [7, 11) is 0. The van der Waals surface area contributed by atoms with E-state index in [0.717, 1.165) is 25.9 Å². The molecule has 0 saturated carbocycles. The van der Waals surface area contributed by atoms with Gasteiger partial charge in [0.05, 0.1) is 6.61 Å². The minimum absolute atomic E-state index is 0.145. The number of nitrogens with two attached hydrogens (primary N) is 1. The van der Waals surface area contributed by atoms with Crippen molar-refractivity contribution in [3.8, 4) is 0 Å². The minimum Gasteiger partial charge on any atom is -0.393 e. The molecule has 0 fully saturated rings. The van der Waals surface area contributed by atoms with E-state index in [0.29, 0.717) is 12.1 Å². The number of rotatable bonds is 16. The SMILES string of the molecule is NCCCCCCCCCCCCNCc1cn([C@H]2C=C[C@@H](CO)O2)c(=O)[nH]c1=O. The van der Waals surface area contributed by atoms with Gasteiger partial charge in [0.15, 0.2) is 6.23 Å². The van der Waals surface area contributed by atoms with Crippen LogP contribution in [0, 0.1) is 0 Å². The van der Waals surface area contributed by atoms with Gasteiger partial charge in [-0.2, -0.15) is 0 Å². The maximum atomic E-state index is 12.1. The zero-order chi connectivity index (χ0) is 21.6. The molecule has 1 aliphatic rings. The summed E-state index contributed by atoms with van der Waals surface area (Å²) < 4.78 is 6.90. The molecular formula is C22H38N4O4. The third-order valence-electron chi connectivity index (χ3n) is 5.42. The van der Waals surface area contributed by atoms with Gasteiger partial charge in [-0.15, -0.1) is 0 Å². The van der Waals surface area contributed by atoms with Gasteiger partial charge in [0.1, 0.15) is 6.10 Å². The molecule has 0 unspecified atom stereocenters. The third-order valence-corrected chi connectivity index (χ3v) is 5.42. The molecule has 8 heteroatoms. The number of nitrogens with one attached hydrogen (secondary N) is 2. The monoisotopic (exact) mass is 422 g/mol. The van der Waals surface area contributed by atoms with E-state index in [1.807, 2.05) is 0 Å². The molecule has 2 rings (SSSR count). The van der Waals surface area contributed by atoms with Gasteiger partial charge in [-0.3, -0.25) is 14.3 Å². The Balaban J connectivity index is 1.60. The summed E-state index contributed by atoms with van der Waals surface area (Å²) >= 11 is 0. The molecule has 1 aliphatic heterocycles. The van der Waals surface area contributed by atoms with Crippen LogP contribution in [0.2, 0.25) is 0 Å². The van der Waals surface area contributed by atoms with Crippen LogP contribution in [0.15, 0.2) is 27.9 Å². The van der Waals surface area contributed by atoms with Gasteiger partial charge < -0.3 is 20.9 Å². The number of H-pyrrole nitrogens is 1. The lowest BCUT2D eigenvalue weighted by Gasteiger charge is -2.15. The fraction of sp³-hybridized carbons (Fsp3) is 0.727. The second-order valence-corrected chi connectivity index (χ2v) is 7.95. The van der Waals surface area contributed by atoms with Gasteiger partial charge >= 0.3 is 5.69 Å². The molecular weight excluding hydrogens is 384 g/mol. The number of hydrogen-bond acceptors (Lipinski definition) is 6. The maximum Gasteiger partial charge on any atom is 0.330 e. The average molecular weight is 423 g/mol. The largest absolute Gasteiger partial charge is 0.393 e. The van der Waals surface area contributed by atoms with Gasteiger partial charge in [0.2, 0.25) is 0 Å². The minimum atomic E-state index is -0.606. The Morgan fingerprint density at radius 2 is 1.63 bits per heavy atom. The number of aromatic nitrogens is 2. The van der Waals surface area contributed by atoms with Crippen LogP contribution in [0.1, 0.15) is 76.0 Å². The fourth-order valence-corrected chi connectivity index (χ4v) is 3.62. The molecule has 0 amide bonds. The first-order valence-electron chi connectivity index (χ1n) is 11.4. The zero-order valence-corrected chi connectivity index (χ0v) is 18.0. The van der Waals surface area contributed by atoms with E-state index in [4.69, 9.17) is 15.6 Å². The number of hydrogen-bond donors (Lipinski definition) is 4. The van der Waals surface area contributed by atoms with Crippen molar-refractivity contribution < 1.29 is 9.84 Å². The van der Waals surface area contributed by atoms with Crippen molar-refractivity contribution >= 4 is 0 Å². The first-order valence-corrected chi connectivity index (χ1v) is 11.4. The summed E-state index contributed by atoms with van der Waals surface area (Å²) in [6.07, 6.45) is 16.4. The Kier molecular flexibility index (Phi) is 11.7. The molecule has 0 radical (unpaired) electrons. The van der Waals surface area contributed by atoms with Crippen LogP contribution in [0.25, 0.3) is 0 Å². The number of aromatic amines is 1. The van der Waals surface area contributed by atoms with Crippen molar-refractivity contribution in [2.24, 2.45) is 5.73 Å². The van der Waals surface area contributed by atoms with Gasteiger partial charge in [0, 0.05) is 18.3 Å². The van der Waals surface area contributed by atoms with Crippen LogP contribution in [-0.4, -0.2) is 40.5 Å². The second kappa shape index (κ2) is 14.3. The predicted octanol–water partition coefficient (Wildman–Crippen LogP) is 1.93. The summed E-state index contributed by atoms with van der Waals surface area (Å²) in [4.78, 5) is 26.5. The van der Waals surface area contributed by atoms with E-state index in [2.05, 4.69) is 10.3 Å². The quantitative estimate of drug-likeness (QED) is 0.238. The second-order valence-electron chi connectivity index (χ2n) is 7.95. The molecule has 30 heavy (non-hydrogen) atoms. The van der Waals surface area contributed by atoms with Crippen LogP contribution in [0.4, 0.5) is 0 Å². The first kappa shape index (κ1) is 24.5. The summed E-state index contributed by atoms with van der Waals surface area (Å²) in [5, 5.41) is 12.4. The highest BCUT2D eigenvalue weighted by atomic mass is 16.5. The molecule has 170 valence electrons. The molecule has 2 atom stereocenters. The summed E-state index contributed by atoms with van der Waals surface area (Å²) in [5.41, 5.74) is 5.09. The third kappa shape index (κ3) is 8.55. The average Bonchev–Trinajstić information content (AvgIpc) is 3.21. The molecule has 1 aromatic rings. The molecule has 5 N–H and O–H groups in total. The molecule has 0 saturated heterocycles. The number of ether oxygens (including phenoxy) is 1. The van der Waals surface area contributed by atoms with E-state index in [1.165, 1.54) is 62.1 Å². The lowest BCUT2D eigenvalue weighted by atomic mass is 10.1. The van der Waals surface area contributed by atoms with E-state index in [-0.39, 0.29) is 12.2 Å². The van der Waals surface area contributed by atoms with Crippen molar-refractivity contribution in [1.29, 1.82) is 0 Å². The van der Waals surface area contributed by atoms with Gasteiger partial charge in [-0.05, 0) is 32.0 Å². The van der Waals surface area contributed by atoms with Gasteiger partial charge in [-0.25, -0.2) is 4.79 Å². The van der Waals surface area contributed by atoms with Crippen molar-refractivity contribution in [1.82, 2.24) is 14.9 Å². The fourth-order valence-electron chi connectivity index (χ4n) is 3.62. The zero-order valence-electron chi connectivity index (χ0n) is 18.0. The molecule has 0 aromatic carbocycles. The lowest BCUT2D eigenvalue weighted by Crippen LogP contribution is -2.35. The molecule has 2 heterocycles. The summed E-state index contributed by atoms with van der Waals surface area (Å²) in [6.45, 7) is 1.90. The standard InChI is InChI=1S/C22H38N4O4/c23-13-9-7-5-3-1-2-4-6-8-10-14-24-15-18-16-26(22(29)25-21(18)28)20-12-11-19(17-27)30-20/h11-12,16,19-20,24,27H,1-10,13-15,17,23H2,(H,25,28,29)/t19-,20+/m0/s1. The molecule has 1 aromatic heterocycles.